The largest absolute Gasteiger partial charge is 0.447 e. The molecule has 0 unspecified atom stereocenters. The SMILES string of the molecule is Cc1cc(C)n2nc(C(=O)O[C@@H](C)C(=O)Nc3cc(C)on3)nc2n1. The molecule has 0 saturated heterocycles. The fourth-order valence-corrected chi connectivity index (χ4v) is 2.17. The molecule has 0 bridgehead atoms. The summed E-state index contributed by atoms with van der Waals surface area (Å²) in [7, 11) is 0. The van der Waals surface area contributed by atoms with Crippen molar-refractivity contribution in [1.29, 1.82) is 0 Å². The maximum absolute atomic E-state index is 12.2. The molecule has 0 fully saturated rings. The number of amides is 1. The van der Waals surface area contributed by atoms with Gasteiger partial charge in [0, 0.05) is 17.5 Å². The lowest BCUT2D eigenvalue weighted by Gasteiger charge is -2.10. The van der Waals surface area contributed by atoms with Crippen LogP contribution in [0.25, 0.3) is 5.78 Å². The standard InChI is InChI=1S/C15H16N6O4/c1-7-5-8(2)21-15(16-7)18-12(19-21)14(23)24-10(4)13(22)17-11-6-9(3)25-20-11/h5-6,10H,1-4H3,(H,17,20,22)/t10-/m0/s1. The molecule has 3 heterocycles. The van der Waals surface area contributed by atoms with Gasteiger partial charge in [-0.2, -0.15) is 4.98 Å². The van der Waals surface area contributed by atoms with Gasteiger partial charge < -0.3 is 14.6 Å². The van der Waals surface area contributed by atoms with E-state index in [1.807, 2.05) is 19.9 Å². The lowest BCUT2D eigenvalue weighted by atomic mass is 10.3. The van der Waals surface area contributed by atoms with Crippen LogP contribution in [0.5, 0.6) is 0 Å². The Kier molecular flexibility index (Phi) is 4.17. The van der Waals surface area contributed by atoms with E-state index in [2.05, 4.69) is 25.5 Å². The van der Waals surface area contributed by atoms with Gasteiger partial charge in [0.15, 0.2) is 11.9 Å². The number of nitrogens with zero attached hydrogens (tertiary/aromatic N) is 5. The van der Waals surface area contributed by atoms with E-state index in [-0.39, 0.29) is 11.6 Å². The molecule has 3 rings (SSSR count). The number of esters is 1. The van der Waals surface area contributed by atoms with Crippen LogP contribution in [0.3, 0.4) is 0 Å². The Labute approximate surface area is 142 Å². The maximum atomic E-state index is 12.2. The number of carbonyl (C=O) groups is 2. The summed E-state index contributed by atoms with van der Waals surface area (Å²) in [4.78, 5) is 32.4. The number of aryl methyl sites for hydroxylation is 3. The van der Waals surface area contributed by atoms with Gasteiger partial charge in [0.25, 0.3) is 17.5 Å². The third-order valence-electron chi connectivity index (χ3n) is 3.33. The van der Waals surface area contributed by atoms with Gasteiger partial charge in [0.05, 0.1) is 0 Å². The van der Waals surface area contributed by atoms with Crippen LogP contribution in [-0.2, 0) is 9.53 Å². The number of ether oxygens (including phenoxy) is 1. The van der Waals surface area contributed by atoms with Gasteiger partial charge in [-0.25, -0.2) is 14.3 Å². The number of aromatic nitrogens is 5. The minimum Gasteiger partial charge on any atom is -0.447 e. The molecule has 25 heavy (non-hydrogen) atoms. The number of fused-ring (bicyclic) bond motifs is 1. The Hall–Kier alpha value is -3.30. The zero-order chi connectivity index (χ0) is 18.1. The second-order valence-electron chi connectivity index (χ2n) is 5.55. The zero-order valence-electron chi connectivity index (χ0n) is 14.1. The Morgan fingerprint density at radius 2 is 2.00 bits per heavy atom. The van der Waals surface area contributed by atoms with Gasteiger partial charge in [-0.05, 0) is 33.8 Å². The Bertz CT molecular complexity index is 960. The number of rotatable bonds is 4. The van der Waals surface area contributed by atoms with Crippen LogP contribution in [0, 0.1) is 20.8 Å². The third-order valence-corrected chi connectivity index (χ3v) is 3.33. The van der Waals surface area contributed by atoms with Crippen LogP contribution in [-0.4, -0.2) is 42.7 Å². The lowest BCUT2D eigenvalue weighted by Crippen LogP contribution is -2.30. The van der Waals surface area contributed by atoms with Gasteiger partial charge >= 0.3 is 5.97 Å². The van der Waals surface area contributed by atoms with Crippen molar-refractivity contribution in [2.24, 2.45) is 0 Å². The first-order valence-electron chi connectivity index (χ1n) is 7.49. The number of carbonyl (C=O) groups excluding carboxylic acids is 2. The Morgan fingerprint density at radius 3 is 2.68 bits per heavy atom. The fraction of sp³-hybridized carbons (Fsp3) is 0.333. The normalized spacial score (nSPS) is 12.2. The molecular weight excluding hydrogens is 328 g/mol. The summed E-state index contributed by atoms with van der Waals surface area (Å²) >= 11 is 0. The highest BCUT2D eigenvalue weighted by atomic mass is 16.5. The molecule has 0 aromatic carbocycles. The van der Waals surface area contributed by atoms with Crippen molar-refractivity contribution in [3.8, 4) is 0 Å². The average Bonchev–Trinajstić information content (AvgIpc) is 3.13. The highest BCUT2D eigenvalue weighted by Crippen LogP contribution is 2.10. The first kappa shape index (κ1) is 16.6. The van der Waals surface area contributed by atoms with Crippen molar-refractivity contribution in [2.75, 3.05) is 5.32 Å². The molecule has 130 valence electrons. The molecule has 3 aromatic rings. The van der Waals surface area contributed by atoms with Crippen molar-refractivity contribution < 1.29 is 18.8 Å². The zero-order valence-corrected chi connectivity index (χ0v) is 14.1. The smallest absolute Gasteiger partial charge is 0.379 e. The van der Waals surface area contributed by atoms with Gasteiger partial charge in [-0.1, -0.05) is 5.16 Å². The van der Waals surface area contributed by atoms with Crippen LogP contribution < -0.4 is 5.32 Å². The highest BCUT2D eigenvalue weighted by Gasteiger charge is 2.23. The summed E-state index contributed by atoms with van der Waals surface area (Å²) < 4.78 is 11.4. The molecule has 1 atom stereocenters. The van der Waals surface area contributed by atoms with Crippen molar-refractivity contribution >= 4 is 23.5 Å². The van der Waals surface area contributed by atoms with Crippen molar-refractivity contribution in [1.82, 2.24) is 24.7 Å². The number of anilines is 1. The van der Waals surface area contributed by atoms with E-state index in [1.165, 1.54) is 11.4 Å². The van der Waals surface area contributed by atoms with E-state index >= 15 is 0 Å². The van der Waals surface area contributed by atoms with Gasteiger partial charge in [0.2, 0.25) is 0 Å². The van der Waals surface area contributed by atoms with Crippen LogP contribution in [0.2, 0.25) is 0 Å². The lowest BCUT2D eigenvalue weighted by molar-refractivity contribution is -0.123. The van der Waals surface area contributed by atoms with Crippen molar-refractivity contribution in [2.45, 2.75) is 33.8 Å². The van der Waals surface area contributed by atoms with E-state index in [1.54, 1.807) is 13.0 Å². The molecule has 3 aromatic heterocycles. The van der Waals surface area contributed by atoms with E-state index < -0.39 is 18.0 Å². The topological polar surface area (TPSA) is 125 Å². The molecule has 1 N–H and O–H groups in total. The number of hydrogen-bond acceptors (Lipinski definition) is 8. The predicted octanol–water partition coefficient (Wildman–Crippen LogP) is 1.22. The van der Waals surface area contributed by atoms with Crippen LogP contribution in [0.15, 0.2) is 16.7 Å². The molecule has 0 spiro atoms. The van der Waals surface area contributed by atoms with E-state index in [4.69, 9.17) is 9.26 Å². The molecule has 0 aliphatic carbocycles. The van der Waals surface area contributed by atoms with Gasteiger partial charge in [-0.15, -0.1) is 5.10 Å². The first-order chi connectivity index (χ1) is 11.8. The molecule has 0 aliphatic rings. The summed E-state index contributed by atoms with van der Waals surface area (Å²) in [5, 5.41) is 10.2. The Morgan fingerprint density at radius 1 is 1.24 bits per heavy atom. The molecule has 10 nitrogen and oxygen atoms in total. The predicted molar refractivity (Wildman–Crippen MR) is 85.0 cm³/mol. The van der Waals surface area contributed by atoms with Gasteiger partial charge in [0.1, 0.15) is 5.76 Å². The number of hydrogen-bond donors (Lipinski definition) is 1. The fourth-order valence-electron chi connectivity index (χ4n) is 2.17. The quantitative estimate of drug-likeness (QED) is 0.700. The maximum Gasteiger partial charge on any atom is 0.379 e. The molecular formula is C15H16N6O4. The average molecular weight is 344 g/mol. The molecule has 0 radical (unpaired) electrons. The molecule has 1 amide bonds. The summed E-state index contributed by atoms with van der Waals surface area (Å²) in [5.74, 6) is -0.451. The Balaban J connectivity index is 1.71. The van der Waals surface area contributed by atoms with Crippen molar-refractivity contribution in [3.63, 3.8) is 0 Å². The molecule has 0 aliphatic heterocycles. The van der Waals surface area contributed by atoms with Crippen molar-refractivity contribution in [3.05, 3.63) is 35.1 Å². The number of nitrogens with one attached hydrogen (secondary N) is 1. The van der Waals surface area contributed by atoms with Crippen LogP contribution in [0.1, 0.15) is 34.7 Å². The van der Waals surface area contributed by atoms with E-state index in [0.29, 0.717) is 11.5 Å². The summed E-state index contributed by atoms with van der Waals surface area (Å²) in [6, 6.07) is 3.36. The summed E-state index contributed by atoms with van der Waals surface area (Å²) in [6.07, 6.45) is -1.06. The van der Waals surface area contributed by atoms with Gasteiger partial charge in [-0.3, -0.25) is 4.79 Å². The molecule has 10 heteroatoms. The third kappa shape index (κ3) is 3.47. The van der Waals surface area contributed by atoms with E-state index in [0.717, 1.165) is 11.4 Å². The second-order valence-corrected chi connectivity index (χ2v) is 5.55. The minimum atomic E-state index is -1.06. The van der Waals surface area contributed by atoms with Crippen LogP contribution >= 0.6 is 0 Å². The monoisotopic (exact) mass is 344 g/mol. The first-order valence-corrected chi connectivity index (χ1v) is 7.49. The van der Waals surface area contributed by atoms with Crippen LogP contribution in [0.4, 0.5) is 5.82 Å². The molecule has 0 saturated carbocycles. The van der Waals surface area contributed by atoms with E-state index in [9.17, 15) is 9.59 Å². The highest BCUT2D eigenvalue weighted by molar-refractivity contribution is 5.95. The summed E-state index contributed by atoms with van der Waals surface area (Å²) in [5.41, 5.74) is 1.54. The minimum absolute atomic E-state index is 0.168. The second kappa shape index (κ2) is 6.30. The summed E-state index contributed by atoms with van der Waals surface area (Å²) in [6.45, 7) is 6.77.